The fraction of sp³-hybridized carbons (Fsp3) is 0.458. The molecule has 0 unspecified atom stereocenters. The maximum atomic E-state index is 13.2. The van der Waals surface area contributed by atoms with Crippen molar-refractivity contribution in [3.63, 3.8) is 0 Å². The highest BCUT2D eigenvalue weighted by atomic mass is 32.2. The van der Waals surface area contributed by atoms with Gasteiger partial charge in [0.2, 0.25) is 15.9 Å². The Bertz CT molecular complexity index is 1330. The van der Waals surface area contributed by atoms with E-state index in [9.17, 15) is 31.1 Å². The van der Waals surface area contributed by atoms with Crippen LogP contribution in [0.5, 0.6) is 5.75 Å². The highest BCUT2D eigenvalue weighted by Crippen LogP contribution is 2.30. The number of fused-ring (bicyclic) bond motifs is 1. The molecule has 1 amide bonds. The normalized spacial score (nSPS) is 19.9. The Hall–Kier alpha value is -2.74. The van der Waals surface area contributed by atoms with E-state index in [-0.39, 0.29) is 48.5 Å². The number of nitrogens with zero attached hydrogens (tertiary/aromatic N) is 2. The predicted molar refractivity (Wildman–Crippen MR) is 137 cm³/mol. The zero-order chi connectivity index (χ0) is 27.5. The van der Waals surface area contributed by atoms with Crippen molar-refractivity contribution in [3.05, 3.63) is 53.8 Å². The van der Waals surface area contributed by atoms with E-state index in [0.717, 1.165) is 30.5 Å². The third kappa shape index (κ3) is 7.18. The Morgan fingerprint density at radius 1 is 1.19 bits per heavy atom. The molecule has 0 bridgehead atoms. The average molecular weight is 558 g/mol. The molecule has 0 aromatic heterocycles. The summed E-state index contributed by atoms with van der Waals surface area (Å²) in [5.74, 6) is -0.854. The van der Waals surface area contributed by atoms with E-state index in [1.54, 1.807) is 6.92 Å². The molecule has 0 saturated heterocycles. The number of carbonyl (C=O) groups excluding carboxylic acids is 1. The Labute approximate surface area is 217 Å². The largest absolute Gasteiger partial charge is 0.488 e. The van der Waals surface area contributed by atoms with Crippen LogP contribution >= 0.6 is 0 Å². The minimum Gasteiger partial charge on any atom is -0.488 e. The zero-order valence-electron chi connectivity index (χ0n) is 21.1. The van der Waals surface area contributed by atoms with Crippen LogP contribution in [0.15, 0.2) is 47.4 Å². The summed E-state index contributed by atoms with van der Waals surface area (Å²) < 4.78 is 72.7. The highest BCUT2D eigenvalue weighted by Gasteiger charge is 2.32. The van der Waals surface area contributed by atoms with Gasteiger partial charge in [0.05, 0.1) is 36.8 Å². The van der Waals surface area contributed by atoms with E-state index < -0.39 is 38.0 Å². The van der Waals surface area contributed by atoms with Crippen molar-refractivity contribution in [1.29, 1.82) is 0 Å². The molecule has 10 nitrogen and oxygen atoms in total. The number of likely N-dealkylation sites (N-methyl/N-ethyl adjacent to an activating group) is 1. The van der Waals surface area contributed by atoms with Crippen LogP contribution in [0.3, 0.4) is 0 Å². The molecule has 13 heteroatoms. The number of anilines is 1. The summed E-state index contributed by atoms with van der Waals surface area (Å²) in [6.07, 6.45) is 0.316. The molecular weight excluding hydrogens is 525 g/mol. The molecule has 1 aliphatic heterocycles. The molecule has 204 valence electrons. The van der Waals surface area contributed by atoms with Gasteiger partial charge < -0.3 is 14.7 Å². The van der Waals surface area contributed by atoms with Crippen molar-refractivity contribution >= 4 is 31.6 Å². The van der Waals surface area contributed by atoms with Gasteiger partial charge in [-0.25, -0.2) is 25.5 Å². The van der Waals surface area contributed by atoms with Crippen molar-refractivity contribution in [3.8, 4) is 5.75 Å². The van der Waals surface area contributed by atoms with Gasteiger partial charge in [-0.1, -0.05) is 6.92 Å². The van der Waals surface area contributed by atoms with Crippen molar-refractivity contribution < 1.29 is 35.9 Å². The third-order valence-electron chi connectivity index (χ3n) is 6.30. The van der Waals surface area contributed by atoms with Gasteiger partial charge in [-0.2, -0.15) is 0 Å². The number of hydrogen-bond acceptors (Lipinski definition) is 7. The first-order chi connectivity index (χ1) is 17.2. The van der Waals surface area contributed by atoms with Crippen molar-refractivity contribution in [2.45, 2.75) is 37.3 Å². The lowest BCUT2D eigenvalue weighted by Crippen LogP contribution is -2.48. The van der Waals surface area contributed by atoms with Gasteiger partial charge in [0.25, 0.3) is 10.0 Å². The Morgan fingerprint density at radius 2 is 1.84 bits per heavy atom. The van der Waals surface area contributed by atoms with Crippen molar-refractivity contribution in [1.82, 2.24) is 9.21 Å². The standard InChI is InChI=1S/C24H32FN3O7S2/c1-16-13-28(17(2)15-29)24(30)12-18-11-20(26-37(33,34)21-8-5-19(25)6-9-21)7-10-22(18)35-23(16)14-27(3)36(4,31)32/h5-11,16-17,23,26,29H,12-15H2,1-4H3/t16-,17-,23+/m1/s1. The molecule has 2 aromatic rings. The predicted octanol–water partition coefficient (Wildman–Crippen LogP) is 1.67. The number of halogens is 1. The topological polar surface area (TPSA) is 133 Å². The second kappa shape index (κ2) is 11.3. The van der Waals surface area contributed by atoms with Crippen molar-refractivity contribution in [2.75, 3.05) is 37.7 Å². The molecule has 2 aromatic carbocycles. The van der Waals surface area contributed by atoms with Gasteiger partial charge in [-0.3, -0.25) is 9.52 Å². The molecule has 0 spiro atoms. The lowest BCUT2D eigenvalue weighted by Gasteiger charge is -2.33. The van der Waals surface area contributed by atoms with E-state index in [4.69, 9.17) is 4.74 Å². The second-order valence-corrected chi connectivity index (χ2v) is 13.1. The van der Waals surface area contributed by atoms with Gasteiger partial charge in [-0.15, -0.1) is 0 Å². The Balaban J connectivity index is 1.99. The summed E-state index contributed by atoms with van der Waals surface area (Å²) >= 11 is 0. The van der Waals surface area contributed by atoms with E-state index in [2.05, 4.69) is 4.72 Å². The molecule has 37 heavy (non-hydrogen) atoms. The van der Waals surface area contributed by atoms with E-state index in [1.807, 2.05) is 6.92 Å². The number of ether oxygens (including phenoxy) is 1. The van der Waals surface area contributed by atoms with Gasteiger partial charge in [0.15, 0.2) is 0 Å². The first kappa shape index (κ1) is 28.8. The number of carbonyl (C=O) groups is 1. The van der Waals surface area contributed by atoms with Crippen LogP contribution in [0.1, 0.15) is 19.4 Å². The smallest absolute Gasteiger partial charge is 0.261 e. The van der Waals surface area contributed by atoms with Crippen LogP contribution in [-0.2, 0) is 31.3 Å². The Morgan fingerprint density at radius 3 is 2.43 bits per heavy atom. The van der Waals surface area contributed by atoms with Gasteiger partial charge in [0.1, 0.15) is 17.7 Å². The maximum Gasteiger partial charge on any atom is 0.261 e. The average Bonchev–Trinajstić information content (AvgIpc) is 2.86. The van der Waals surface area contributed by atoms with Crippen LogP contribution < -0.4 is 9.46 Å². The SMILES string of the molecule is C[C@@H]1CN([C@H](C)CO)C(=O)Cc2cc(NS(=O)(=O)c3ccc(F)cc3)ccc2O[C@H]1CN(C)S(C)(=O)=O. The highest BCUT2D eigenvalue weighted by molar-refractivity contribution is 7.92. The van der Waals surface area contributed by atoms with Gasteiger partial charge in [-0.05, 0) is 49.4 Å². The van der Waals surface area contributed by atoms with Crippen LogP contribution in [-0.4, -0.2) is 82.2 Å². The minimum absolute atomic E-state index is 0.0217. The fourth-order valence-electron chi connectivity index (χ4n) is 3.93. The maximum absolute atomic E-state index is 13.2. The minimum atomic E-state index is -4.03. The molecule has 2 N–H and O–H groups in total. The van der Waals surface area contributed by atoms with Crippen LogP contribution in [0, 0.1) is 11.7 Å². The summed E-state index contributed by atoms with van der Waals surface area (Å²) in [7, 11) is -6.10. The van der Waals surface area contributed by atoms with Gasteiger partial charge in [0, 0.05) is 30.8 Å². The molecule has 0 radical (unpaired) electrons. The van der Waals surface area contributed by atoms with Crippen LogP contribution in [0.2, 0.25) is 0 Å². The first-order valence-electron chi connectivity index (χ1n) is 11.6. The van der Waals surface area contributed by atoms with Crippen LogP contribution in [0.25, 0.3) is 0 Å². The summed E-state index contributed by atoms with van der Waals surface area (Å²) in [5.41, 5.74) is 0.555. The number of hydrogen-bond donors (Lipinski definition) is 2. The monoisotopic (exact) mass is 557 g/mol. The number of nitrogens with one attached hydrogen (secondary N) is 1. The quantitative estimate of drug-likeness (QED) is 0.504. The molecule has 0 aliphatic carbocycles. The Kier molecular flexibility index (Phi) is 8.83. The van der Waals surface area contributed by atoms with E-state index in [1.165, 1.54) is 34.5 Å². The molecular formula is C24H32FN3O7S2. The van der Waals surface area contributed by atoms with E-state index in [0.29, 0.717) is 11.3 Å². The number of benzene rings is 2. The second-order valence-electron chi connectivity index (χ2n) is 9.31. The molecule has 0 saturated carbocycles. The summed E-state index contributed by atoms with van der Waals surface area (Å²) in [5, 5.41) is 9.72. The number of sulfonamides is 2. The first-order valence-corrected chi connectivity index (χ1v) is 14.9. The summed E-state index contributed by atoms with van der Waals surface area (Å²) in [4.78, 5) is 14.6. The molecule has 3 atom stereocenters. The molecule has 1 aliphatic rings. The lowest BCUT2D eigenvalue weighted by atomic mass is 10.0. The lowest BCUT2D eigenvalue weighted by molar-refractivity contribution is -0.134. The zero-order valence-corrected chi connectivity index (χ0v) is 22.7. The summed E-state index contributed by atoms with van der Waals surface area (Å²) in [6, 6.07) is 8.33. The van der Waals surface area contributed by atoms with Crippen LogP contribution in [0.4, 0.5) is 10.1 Å². The van der Waals surface area contributed by atoms with E-state index >= 15 is 0 Å². The summed E-state index contributed by atoms with van der Waals surface area (Å²) in [6.45, 7) is 3.52. The molecule has 3 rings (SSSR count). The number of amides is 1. The molecule has 1 heterocycles. The number of aliphatic hydroxyl groups excluding tert-OH is 1. The molecule has 0 fully saturated rings. The fourth-order valence-corrected chi connectivity index (χ4v) is 5.39. The third-order valence-corrected chi connectivity index (χ3v) is 8.97. The number of aliphatic hydroxyl groups is 1. The van der Waals surface area contributed by atoms with Crippen molar-refractivity contribution in [2.24, 2.45) is 5.92 Å². The number of rotatable bonds is 8. The van der Waals surface area contributed by atoms with Gasteiger partial charge >= 0.3 is 0 Å².